The first-order valence-electron chi connectivity index (χ1n) is 6.67. The van der Waals surface area contributed by atoms with E-state index in [9.17, 15) is 13.2 Å². The number of halogens is 2. The zero-order chi connectivity index (χ0) is 16.9. The first-order chi connectivity index (χ1) is 10.9. The Balaban J connectivity index is 1.83. The number of benzene rings is 2. The highest BCUT2D eigenvalue weighted by atomic mass is 79.9. The molecule has 0 aromatic heterocycles. The Labute approximate surface area is 148 Å². The molecule has 0 fully saturated rings. The van der Waals surface area contributed by atoms with Crippen molar-refractivity contribution in [3.63, 3.8) is 0 Å². The van der Waals surface area contributed by atoms with Gasteiger partial charge in [-0.3, -0.25) is 4.79 Å². The maximum absolute atomic E-state index is 12.0. The SMILES string of the molecule is O=C(NCCNS(=O)(=O)c1ccc(Br)cc1)c1ccc(Cl)cc1. The highest BCUT2D eigenvalue weighted by Gasteiger charge is 2.13. The van der Waals surface area contributed by atoms with Gasteiger partial charge in [0, 0.05) is 28.1 Å². The normalized spacial score (nSPS) is 11.2. The Morgan fingerprint density at radius 1 is 1.00 bits per heavy atom. The van der Waals surface area contributed by atoms with Crippen LogP contribution in [0.1, 0.15) is 10.4 Å². The van der Waals surface area contributed by atoms with Gasteiger partial charge in [0.25, 0.3) is 5.91 Å². The Morgan fingerprint density at radius 3 is 2.22 bits per heavy atom. The van der Waals surface area contributed by atoms with E-state index in [1.54, 1.807) is 36.4 Å². The molecule has 1 amide bonds. The number of sulfonamides is 1. The molecular formula is C15H14BrClN2O3S. The van der Waals surface area contributed by atoms with Crippen LogP contribution in [0.2, 0.25) is 5.02 Å². The smallest absolute Gasteiger partial charge is 0.251 e. The molecular weight excluding hydrogens is 404 g/mol. The molecule has 2 rings (SSSR count). The third kappa shape index (κ3) is 5.31. The van der Waals surface area contributed by atoms with Gasteiger partial charge in [0.2, 0.25) is 10.0 Å². The molecule has 0 bridgehead atoms. The van der Waals surface area contributed by atoms with Gasteiger partial charge < -0.3 is 5.32 Å². The van der Waals surface area contributed by atoms with Crippen LogP contribution >= 0.6 is 27.5 Å². The topological polar surface area (TPSA) is 75.3 Å². The monoisotopic (exact) mass is 416 g/mol. The molecule has 0 saturated heterocycles. The highest BCUT2D eigenvalue weighted by Crippen LogP contribution is 2.14. The predicted molar refractivity (Wildman–Crippen MR) is 93.1 cm³/mol. The highest BCUT2D eigenvalue weighted by molar-refractivity contribution is 9.10. The van der Waals surface area contributed by atoms with Gasteiger partial charge in [-0.1, -0.05) is 27.5 Å². The molecule has 2 aromatic rings. The van der Waals surface area contributed by atoms with Crippen LogP contribution < -0.4 is 10.0 Å². The van der Waals surface area contributed by atoms with E-state index >= 15 is 0 Å². The Hall–Kier alpha value is -1.41. The van der Waals surface area contributed by atoms with E-state index in [1.165, 1.54) is 12.1 Å². The predicted octanol–water partition coefficient (Wildman–Crippen LogP) is 2.81. The summed E-state index contributed by atoms with van der Waals surface area (Å²) in [5, 5.41) is 3.18. The summed E-state index contributed by atoms with van der Waals surface area (Å²) < 4.78 is 27.3. The third-order valence-electron chi connectivity index (χ3n) is 2.93. The van der Waals surface area contributed by atoms with Crippen LogP contribution in [0.5, 0.6) is 0 Å². The second-order valence-electron chi connectivity index (χ2n) is 4.61. The van der Waals surface area contributed by atoms with Crippen molar-refractivity contribution in [2.75, 3.05) is 13.1 Å². The van der Waals surface area contributed by atoms with Gasteiger partial charge in [0.05, 0.1) is 4.90 Å². The van der Waals surface area contributed by atoms with Crippen molar-refractivity contribution >= 4 is 43.5 Å². The maximum Gasteiger partial charge on any atom is 0.251 e. The van der Waals surface area contributed by atoms with Gasteiger partial charge in [0.1, 0.15) is 0 Å². The third-order valence-corrected chi connectivity index (χ3v) is 5.19. The summed E-state index contributed by atoms with van der Waals surface area (Å²) in [5.74, 6) is -0.287. The van der Waals surface area contributed by atoms with Crippen molar-refractivity contribution in [1.82, 2.24) is 10.0 Å². The molecule has 0 radical (unpaired) electrons. The molecule has 5 nitrogen and oxygen atoms in total. The number of hydrogen-bond donors (Lipinski definition) is 2. The standard InChI is InChI=1S/C15H14BrClN2O3S/c16-12-3-7-14(8-4-12)23(21,22)19-10-9-18-15(20)11-1-5-13(17)6-2-11/h1-8,19H,9-10H2,(H,18,20). The fraction of sp³-hybridized carbons (Fsp3) is 0.133. The molecule has 0 unspecified atom stereocenters. The number of hydrogen-bond acceptors (Lipinski definition) is 3. The van der Waals surface area contributed by atoms with Crippen molar-refractivity contribution in [3.8, 4) is 0 Å². The average molecular weight is 418 g/mol. The van der Waals surface area contributed by atoms with Gasteiger partial charge in [-0.05, 0) is 48.5 Å². The molecule has 122 valence electrons. The Kier molecular flexibility index (Phi) is 6.17. The lowest BCUT2D eigenvalue weighted by Gasteiger charge is -2.08. The molecule has 0 atom stereocenters. The molecule has 8 heteroatoms. The van der Waals surface area contributed by atoms with Gasteiger partial charge in [-0.25, -0.2) is 13.1 Å². The van der Waals surface area contributed by atoms with E-state index < -0.39 is 10.0 Å². The van der Waals surface area contributed by atoms with E-state index in [2.05, 4.69) is 26.0 Å². The van der Waals surface area contributed by atoms with Crippen molar-refractivity contribution in [2.24, 2.45) is 0 Å². The van der Waals surface area contributed by atoms with Crippen LogP contribution in [-0.4, -0.2) is 27.4 Å². The summed E-state index contributed by atoms with van der Waals surface area (Å²) in [6.45, 7) is 0.273. The summed E-state index contributed by atoms with van der Waals surface area (Å²) in [6, 6.07) is 12.7. The van der Waals surface area contributed by atoms with E-state index in [1.807, 2.05) is 0 Å². The molecule has 0 heterocycles. The number of carbonyl (C=O) groups excluding carboxylic acids is 1. The van der Waals surface area contributed by atoms with Gasteiger partial charge in [-0.15, -0.1) is 0 Å². The number of amides is 1. The van der Waals surface area contributed by atoms with Crippen molar-refractivity contribution < 1.29 is 13.2 Å². The second kappa shape index (κ2) is 7.92. The van der Waals surface area contributed by atoms with Gasteiger partial charge in [0.15, 0.2) is 0 Å². The number of rotatable bonds is 6. The lowest BCUT2D eigenvalue weighted by molar-refractivity contribution is 0.0954. The first-order valence-corrected chi connectivity index (χ1v) is 9.33. The van der Waals surface area contributed by atoms with E-state index in [0.717, 1.165) is 4.47 Å². The largest absolute Gasteiger partial charge is 0.351 e. The molecule has 0 spiro atoms. The summed E-state index contributed by atoms with van der Waals surface area (Å²) in [5.41, 5.74) is 0.463. The van der Waals surface area contributed by atoms with Gasteiger partial charge >= 0.3 is 0 Å². The molecule has 0 aliphatic heterocycles. The molecule has 23 heavy (non-hydrogen) atoms. The lowest BCUT2D eigenvalue weighted by atomic mass is 10.2. The minimum absolute atomic E-state index is 0.0950. The fourth-order valence-electron chi connectivity index (χ4n) is 1.76. The van der Waals surface area contributed by atoms with Crippen LogP contribution in [0.15, 0.2) is 57.9 Å². The molecule has 2 N–H and O–H groups in total. The van der Waals surface area contributed by atoms with Crippen molar-refractivity contribution in [3.05, 3.63) is 63.6 Å². The van der Waals surface area contributed by atoms with Crippen molar-refractivity contribution in [2.45, 2.75) is 4.90 Å². The summed E-state index contributed by atoms with van der Waals surface area (Å²) in [6.07, 6.45) is 0. The molecule has 0 aliphatic carbocycles. The first kappa shape index (κ1) is 17.9. The molecule has 0 aliphatic rings. The van der Waals surface area contributed by atoms with E-state index in [-0.39, 0.29) is 23.9 Å². The van der Waals surface area contributed by atoms with Crippen LogP contribution in [0.25, 0.3) is 0 Å². The minimum Gasteiger partial charge on any atom is -0.351 e. The summed E-state index contributed by atoms with van der Waals surface area (Å²) in [4.78, 5) is 12.0. The fourth-order valence-corrected chi connectivity index (χ4v) is 3.18. The van der Waals surface area contributed by atoms with Crippen LogP contribution in [0, 0.1) is 0 Å². The summed E-state index contributed by atoms with van der Waals surface area (Å²) in [7, 11) is -3.58. The average Bonchev–Trinajstić information content (AvgIpc) is 2.52. The lowest BCUT2D eigenvalue weighted by Crippen LogP contribution is -2.34. The van der Waals surface area contributed by atoms with Crippen LogP contribution in [0.4, 0.5) is 0 Å². The van der Waals surface area contributed by atoms with Crippen LogP contribution in [0.3, 0.4) is 0 Å². The van der Waals surface area contributed by atoms with Crippen molar-refractivity contribution in [1.29, 1.82) is 0 Å². The molecule has 2 aromatic carbocycles. The Bertz CT molecular complexity index is 777. The molecule has 0 saturated carbocycles. The van der Waals surface area contributed by atoms with E-state index in [0.29, 0.717) is 10.6 Å². The number of carbonyl (C=O) groups is 1. The Morgan fingerprint density at radius 2 is 1.61 bits per heavy atom. The zero-order valence-electron chi connectivity index (χ0n) is 11.9. The maximum atomic E-state index is 12.0. The zero-order valence-corrected chi connectivity index (χ0v) is 15.1. The van der Waals surface area contributed by atoms with Crippen LogP contribution in [-0.2, 0) is 10.0 Å². The summed E-state index contributed by atoms with van der Waals surface area (Å²) >= 11 is 9.00. The van der Waals surface area contributed by atoms with Gasteiger partial charge in [-0.2, -0.15) is 0 Å². The quantitative estimate of drug-likeness (QED) is 0.710. The van der Waals surface area contributed by atoms with E-state index in [4.69, 9.17) is 11.6 Å². The second-order valence-corrected chi connectivity index (χ2v) is 7.73. The minimum atomic E-state index is -3.58. The number of nitrogens with one attached hydrogen (secondary N) is 2.